The average molecular weight is 309 g/mol. The largest absolute Gasteiger partial charge is 0.376 e. The molecule has 2 aromatic rings. The zero-order valence-corrected chi connectivity index (χ0v) is 13.0. The maximum atomic E-state index is 9.15. The summed E-state index contributed by atoms with van der Waals surface area (Å²) in [5.41, 5.74) is 2.11. The number of para-hydroxylation sites is 1. The van der Waals surface area contributed by atoms with E-state index in [0.29, 0.717) is 17.2 Å². The normalized spacial score (nSPS) is 16.8. The predicted octanol–water partition coefficient (Wildman–Crippen LogP) is 2.99. The SMILES string of the molecule is Cc1cc(NCC2CCCO2)nc(Nc2ccccc2C#N)n1. The van der Waals surface area contributed by atoms with E-state index in [4.69, 9.17) is 10.00 Å². The minimum atomic E-state index is 0.251. The third-order valence-electron chi connectivity index (χ3n) is 3.68. The Kier molecular flexibility index (Phi) is 4.69. The summed E-state index contributed by atoms with van der Waals surface area (Å²) in [7, 11) is 0. The second-order valence-electron chi connectivity index (χ2n) is 5.52. The first-order valence-electron chi connectivity index (χ1n) is 7.72. The quantitative estimate of drug-likeness (QED) is 0.883. The highest BCUT2D eigenvalue weighted by Gasteiger charge is 2.15. The van der Waals surface area contributed by atoms with Gasteiger partial charge in [0.25, 0.3) is 0 Å². The van der Waals surface area contributed by atoms with E-state index >= 15 is 0 Å². The molecule has 118 valence electrons. The number of nitrogens with one attached hydrogen (secondary N) is 2. The van der Waals surface area contributed by atoms with Crippen molar-refractivity contribution in [2.45, 2.75) is 25.9 Å². The van der Waals surface area contributed by atoms with E-state index in [1.165, 1.54) is 0 Å². The highest BCUT2D eigenvalue weighted by atomic mass is 16.5. The van der Waals surface area contributed by atoms with Gasteiger partial charge in [-0.15, -0.1) is 0 Å². The van der Waals surface area contributed by atoms with Gasteiger partial charge in [-0.1, -0.05) is 12.1 Å². The molecule has 0 radical (unpaired) electrons. The first kappa shape index (κ1) is 15.3. The predicted molar refractivity (Wildman–Crippen MR) is 88.7 cm³/mol. The third kappa shape index (κ3) is 3.96. The van der Waals surface area contributed by atoms with Gasteiger partial charge in [0.15, 0.2) is 0 Å². The number of nitriles is 1. The molecule has 2 N–H and O–H groups in total. The lowest BCUT2D eigenvalue weighted by Crippen LogP contribution is -2.19. The van der Waals surface area contributed by atoms with Crippen molar-refractivity contribution in [1.82, 2.24) is 9.97 Å². The Labute approximate surface area is 135 Å². The molecule has 2 heterocycles. The van der Waals surface area contributed by atoms with Crippen molar-refractivity contribution in [1.29, 1.82) is 5.26 Å². The van der Waals surface area contributed by atoms with Crippen molar-refractivity contribution in [3.63, 3.8) is 0 Å². The van der Waals surface area contributed by atoms with Crippen LogP contribution in [0, 0.1) is 18.3 Å². The van der Waals surface area contributed by atoms with Crippen LogP contribution in [-0.2, 0) is 4.74 Å². The molecule has 3 rings (SSSR count). The van der Waals surface area contributed by atoms with Crippen molar-refractivity contribution < 1.29 is 4.74 Å². The number of benzene rings is 1. The Morgan fingerprint density at radius 3 is 3.00 bits per heavy atom. The monoisotopic (exact) mass is 309 g/mol. The summed E-state index contributed by atoms with van der Waals surface area (Å²) < 4.78 is 5.60. The molecule has 1 atom stereocenters. The van der Waals surface area contributed by atoms with Crippen molar-refractivity contribution in [2.24, 2.45) is 0 Å². The Bertz CT molecular complexity index is 719. The van der Waals surface area contributed by atoms with Gasteiger partial charge in [-0.3, -0.25) is 0 Å². The van der Waals surface area contributed by atoms with Gasteiger partial charge in [0.2, 0.25) is 5.95 Å². The lowest BCUT2D eigenvalue weighted by Gasteiger charge is -2.13. The number of hydrogen-bond donors (Lipinski definition) is 2. The van der Waals surface area contributed by atoms with Crippen molar-refractivity contribution in [2.75, 3.05) is 23.8 Å². The fraction of sp³-hybridized carbons (Fsp3) is 0.353. The van der Waals surface area contributed by atoms with Crippen LogP contribution >= 0.6 is 0 Å². The van der Waals surface area contributed by atoms with Gasteiger partial charge >= 0.3 is 0 Å². The fourth-order valence-electron chi connectivity index (χ4n) is 2.55. The summed E-state index contributed by atoms with van der Waals surface area (Å²) in [6.45, 7) is 3.50. The number of ether oxygens (including phenoxy) is 1. The lowest BCUT2D eigenvalue weighted by atomic mass is 10.2. The molecule has 0 aliphatic carbocycles. The van der Waals surface area contributed by atoms with Crippen LogP contribution in [0.15, 0.2) is 30.3 Å². The van der Waals surface area contributed by atoms with E-state index in [-0.39, 0.29) is 6.10 Å². The number of anilines is 3. The minimum Gasteiger partial charge on any atom is -0.376 e. The highest BCUT2D eigenvalue weighted by molar-refractivity contribution is 5.63. The smallest absolute Gasteiger partial charge is 0.229 e. The van der Waals surface area contributed by atoms with Crippen molar-refractivity contribution >= 4 is 17.5 Å². The average Bonchev–Trinajstić information content (AvgIpc) is 3.06. The first-order chi connectivity index (χ1) is 11.2. The second-order valence-corrected chi connectivity index (χ2v) is 5.52. The molecule has 0 saturated carbocycles. The van der Waals surface area contributed by atoms with Crippen LogP contribution in [0.25, 0.3) is 0 Å². The topological polar surface area (TPSA) is 82.9 Å². The molecule has 23 heavy (non-hydrogen) atoms. The summed E-state index contributed by atoms with van der Waals surface area (Å²) in [6.07, 6.45) is 2.45. The number of hydrogen-bond acceptors (Lipinski definition) is 6. The van der Waals surface area contributed by atoms with Gasteiger partial charge in [0.05, 0.1) is 17.4 Å². The van der Waals surface area contributed by atoms with E-state index in [2.05, 4.69) is 26.7 Å². The maximum absolute atomic E-state index is 9.15. The summed E-state index contributed by atoms with van der Waals surface area (Å²) in [5.74, 6) is 1.23. The Morgan fingerprint density at radius 2 is 2.22 bits per heavy atom. The van der Waals surface area contributed by atoms with Crippen LogP contribution in [0.2, 0.25) is 0 Å². The van der Waals surface area contributed by atoms with Gasteiger partial charge in [0, 0.05) is 24.9 Å². The Morgan fingerprint density at radius 1 is 1.35 bits per heavy atom. The van der Waals surface area contributed by atoms with E-state index < -0.39 is 0 Å². The molecule has 1 aromatic heterocycles. The Balaban J connectivity index is 1.73. The molecule has 0 spiro atoms. The fourth-order valence-corrected chi connectivity index (χ4v) is 2.55. The Hall–Kier alpha value is -2.65. The van der Waals surface area contributed by atoms with E-state index in [9.17, 15) is 0 Å². The summed E-state index contributed by atoms with van der Waals surface area (Å²) in [5, 5.41) is 15.6. The van der Waals surface area contributed by atoms with Gasteiger partial charge in [-0.05, 0) is 31.9 Å². The summed E-state index contributed by atoms with van der Waals surface area (Å²) in [6, 6.07) is 11.4. The molecule has 1 aliphatic rings. The van der Waals surface area contributed by atoms with Gasteiger partial charge in [-0.25, -0.2) is 4.98 Å². The van der Waals surface area contributed by atoms with E-state index in [1.807, 2.05) is 31.2 Å². The molecular weight excluding hydrogens is 290 g/mol. The van der Waals surface area contributed by atoms with Crippen molar-refractivity contribution in [3.8, 4) is 6.07 Å². The molecule has 1 unspecified atom stereocenters. The van der Waals surface area contributed by atoms with E-state index in [1.54, 1.807) is 6.07 Å². The van der Waals surface area contributed by atoms with Crippen LogP contribution in [0.5, 0.6) is 0 Å². The number of rotatable bonds is 5. The minimum absolute atomic E-state index is 0.251. The van der Waals surface area contributed by atoms with Gasteiger partial charge < -0.3 is 15.4 Å². The lowest BCUT2D eigenvalue weighted by molar-refractivity contribution is 0.120. The molecule has 1 aromatic carbocycles. The number of nitrogens with zero attached hydrogens (tertiary/aromatic N) is 3. The molecule has 0 amide bonds. The maximum Gasteiger partial charge on any atom is 0.229 e. The molecule has 1 aliphatic heterocycles. The van der Waals surface area contributed by atoms with Gasteiger partial charge in [-0.2, -0.15) is 10.2 Å². The molecule has 6 heteroatoms. The molecule has 1 saturated heterocycles. The number of aryl methyl sites for hydroxylation is 1. The molecule has 6 nitrogen and oxygen atoms in total. The molecular formula is C17H19N5O. The summed E-state index contributed by atoms with van der Waals surface area (Å²) in [4.78, 5) is 8.85. The summed E-state index contributed by atoms with van der Waals surface area (Å²) >= 11 is 0. The van der Waals surface area contributed by atoms with Crippen LogP contribution in [-0.4, -0.2) is 29.2 Å². The zero-order chi connectivity index (χ0) is 16.1. The third-order valence-corrected chi connectivity index (χ3v) is 3.68. The number of aromatic nitrogens is 2. The van der Waals surface area contributed by atoms with E-state index in [0.717, 1.165) is 37.5 Å². The first-order valence-corrected chi connectivity index (χ1v) is 7.72. The molecule has 0 bridgehead atoms. The standard InChI is InChI=1S/C17H19N5O/c1-12-9-16(19-11-14-6-4-8-23-14)22-17(20-12)21-15-7-3-2-5-13(15)10-18/h2-3,5,7,9,14H,4,6,8,11H2,1H3,(H2,19,20,21,22). The van der Waals surface area contributed by atoms with Crippen LogP contribution in [0.3, 0.4) is 0 Å². The van der Waals surface area contributed by atoms with Crippen LogP contribution < -0.4 is 10.6 Å². The van der Waals surface area contributed by atoms with Crippen molar-refractivity contribution in [3.05, 3.63) is 41.6 Å². The van der Waals surface area contributed by atoms with Gasteiger partial charge in [0.1, 0.15) is 11.9 Å². The highest BCUT2D eigenvalue weighted by Crippen LogP contribution is 2.20. The van der Waals surface area contributed by atoms with Crippen LogP contribution in [0.1, 0.15) is 24.1 Å². The zero-order valence-electron chi connectivity index (χ0n) is 13.0. The van der Waals surface area contributed by atoms with Crippen LogP contribution in [0.4, 0.5) is 17.5 Å². The molecule has 1 fully saturated rings. The second kappa shape index (κ2) is 7.07.